The summed E-state index contributed by atoms with van der Waals surface area (Å²) < 4.78 is 13.5. The molecule has 4 rings (SSSR count). The highest BCUT2D eigenvalue weighted by Crippen LogP contribution is 2.30. The number of nitrogens with one attached hydrogen (secondary N) is 2. The van der Waals surface area contributed by atoms with Crippen molar-refractivity contribution in [2.45, 2.75) is 31.9 Å². The highest BCUT2D eigenvalue weighted by Gasteiger charge is 2.22. The lowest BCUT2D eigenvalue weighted by Crippen LogP contribution is -2.37. The van der Waals surface area contributed by atoms with Crippen LogP contribution in [0.1, 0.15) is 31.6 Å². The minimum atomic E-state index is -0.900. The third-order valence-corrected chi connectivity index (χ3v) is 5.63. The van der Waals surface area contributed by atoms with E-state index in [1.807, 2.05) is 0 Å². The molecular weight excluding hydrogens is 444 g/mol. The molecule has 3 heterocycles. The number of aliphatic hydroxyl groups is 1. The molecule has 1 aromatic carbocycles. The lowest BCUT2D eigenvalue weighted by molar-refractivity contribution is 0.196. The molecule has 1 atom stereocenters. The molecule has 1 unspecified atom stereocenters. The van der Waals surface area contributed by atoms with Gasteiger partial charge < -0.3 is 20.6 Å². The number of nitrogens with zero attached hydrogens (tertiary/aromatic N) is 5. The summed E-state index contributed by atoms with van der Waals surface area (Å²) in [6.07, 6.45) is 1.01. The first-order valence-electron chi connectivity index (χ1n) is 9.90. The quantitative estimate of drug-likeness (QED) is 0.482. The van der Waals surface area contributed by atoms with E-state index in [4.69, 9.17) is 23.2 Å². The van der Waals surface area contributed by atoms with Crippen LogP contribution in [0, 0.1) is 5.82 Å². The fourth-order valence-electron chi connectivity index (χ4n) is 3.50. The van der Waals surface area contributed by atoms with E-state index < -0.39 is 11.9 Å². The number of anilines is 3. The van der Waals surface area contributed by atoms with Gasteiger partial charge in [0.05, 0.1) is 11.1 Å². The van der Waals surface area contributed by atoms with Crippen LogP contribution in [-0.4, -0.2) is 56.1 Å². The molecule has 1 aliphatic rings. The molecular formula is C20H22Cl2FN7O. The Hall–Kier alpha value is -2.33. The summed E-state index contributed by atoms with van der Waals surface area (Å²) in [6, 6.07) is 4.43. The van der Waals surface area contributed by atoms with Crippen LogP contribution in [0.25, 0.3) is 11.0 Å². The summed E-state index contributed by atoms with van der Waals surface area (Å²) in [6.45, 7) is 3.56. The Labute approximate surface area is 188 Å². The summed E-state index contributed by atoms with van der Waals surface area (Å²) in [5.41, 5.74) is 1.56. The predicted molar refractivity (Wildman–Crippen MR) is 120 cm³/mol. The molecule has 1 saturated heterocycles. The summed E-state index contributed by atoms with van der Waals surface area (Å²) in [5.74, 6) is 0.151. The number of aromatic nitrogens is 4. The molecule has 0 aliphatic carbocycles. The SMILES string of the molecule is CC(O)c1nc(NC2CCN(C)CC2)nc2c(Nc3ccc(F)c(Cl)c3)nc(Cl)nc12. The zero-order chi connectivity index (χ0) is 22.1. The van der Waals surface area contributed by atoms with Gasteiger partial charge in [0.25, 0.3) is 0 Å². The Morgan fingerprint density at radius 1 is 1.13 bits per heavy atom. The summed E-state index contributed by atoms with van der Waals surface area (Å²) >= 11 is 12.0. The number of halogens is 3. The number of piperidine rings is 1. The Bertz CT molecular complexity index is 1110. The maximum Gasteiger partial charge on any atom is 0.225 e. The highest BCUT2D eigenvalue weighted by atomic mass is 35.5. The minimum Gasteiger partial charge on any atom is -0.387 e. The highest BCUT2D eigenvalue weighted by molar-refractivity contribution is 6.31. The standard InChI is InChI=1S/C20H22Cl2FN7O/c1-10(31)15-16-17(28-20(27-15)25-11-5-7-30(2)8-6-11)18(29-19(22)26-16)24-12-3-4-14(23)13(21)9-12/h3-4,9-11,31H,5-8H2,1-2H3,(H,24,26,29)(H,25,27,28). The third-order valence-electron chi connectivity index (χ3n) is 5.17. The molecule has 0 saturated carbocycles. The summed E-state index contributed by atoms with van der Waals surface area (Å²) in [4.78, 5) is 19.9. The Morgan fingerprint density at radius 2 is 1.87 bits per heavy atom. The predicted octanol–water partition coefficient (Wildman–Crippen LogP) is 4.17. The number of likely N-dealkylation sites (tertiary alicyclic amines) is 1. The second-order valence-corrected chi connectivity index (χ2v) is 8.37. The molecule has 1 aliphatic heterocycles. The molecule has 0 bridgehead atoms. The van der Waals surface area contributed by atoms with Gasteiger partial charge >= 0.3 is 0 Å². The molecule has 0 amide bonds. The Kier molecular flexibility index (Phi) is 6.38. The fourth-order valence-corrected chi connectivity index (χ4v) is 3.85. The zero-order valence-corrected chi connectivity index (χ0v) is 18.5. The maximum absolute atomic E-state index is 13.5. The molecule has 3 N–H and O–H groups in total. The number of hydrogen-bond donors (Lipinski definition) is 3. The van der Waals surface area contributed by atoms with E-state index in [0.717, 1.165) is 25.9 Å². The normalized spacial score (nSPS) is 16.5. The van der Waals surface area contributed by atoms with E-state index in [1.165, 1.54) is 18.2 Å². The fraction of sp³-hybridized carbons (Fsp3) is 0.400. The number of rotatable bonds is 5. The minimum absolute atomic E-state index is 0.0293. The van der Waals surface area contributed by atoms with Crippen molar-refractivity contribution in [3.63, 3.8) is 0 Å². The van der Waals surface area contributed by atoms with E-state index in [-0.39, 0.29) is 16.3 Å². The second kappa shape index (κ2) is 9.04. The number of benzene rings is 1. The molecule has 0 radical (unpaired) electrons. The van der Waals surface area contributed by atoms with Crippen LogP contribution in [0.3, 0.4) is 0 Å². The Balaban J connectivity index is 1.76. The van der Waals surface area contributed by atoms with Crippen LogP contribution in [0.4, 0.5) is 21.8 Å². The van der Waals surface area contributed by atoms with Gasteiger partial charge in [-0.2, -0.15) is 4.98 Å². The van der Waals surface area contributed by atoms with Gasteiger partial charge in [-0.25, -0.2) is 19.3 Å². The average molecular weight is 466 g/mol. The van der Waals surface area contributed by atoms with Gasteiger partial charge in [-0.05, 0) is 69.7 Å². The van der Waals surface area contributed by atoms with Gasteiger partial charge in [0.1, 0.15) is 22.5 Å². The number of hydrogen-bond acceptors (Lipinski definition) is 8. The lowest BCUT2D eigenvalue weighted by Gasteiger charge is -2.29. The molecule has 0 spiro atoms. The number of aliphatic hydroxyl groups excluding tert-OH is 1. The topological polar surface area (TPSA) is 99.1 Å². The Morgan fingerprint density at radius 3 is 2.55 bits per heavy atom. The van der Waals surface area contributed by atoms with Crippen molar-refractivity contribution in [1.29, 1.82) is 0 Å². The van der Waals surface area contributed by atoms with Crippen LogP contribution < -0.4 is 10.6 Å². The second-order valence-electron chi connectivity index (χ2n) is 7.62. The molecule has 164 valence electrons. The van der Waals surface area contributed by atoms with Crippen LogP contribution in [0.15, 0.2) is 18.2 Å². The van der Waals surface area contributed by atoms with Crippen molar-refractivity contribution in [3.05, 3.63) is 40.0 Å². The summed E-state index contributed by atoms with van der Waals surface area (Å²) in [5, 5.41) is 16.7. The van der Waals surface area contributed by atoms with Crippen LogP contribution in [-0.2, 0) is 0 Å². The van der Waals surface area contributed by atoms with Gasteiger partial charge in [0, 0.05) is 11.7 Å². The first kappa shape index (κ1) is 21.9. The van der Waals surface area contributed by atoms with Crippen molar-refractivity contribution >= 4 is 51.7 Å². The van der Waals surface area contributed by atoms with Crippen molar-refractivity contribution in [2.24, 2.45) is 0 Å². The van der Waals surface area contributed by atoms with E-state index in [0.29, 0.717) is 34.2 Å². The van der Waals surface area contributed by atoms with E-state index in [2.05, 4.69) is 42.5 Å². The first-order chi connectivity index (χ1) is 14.8. The molecule has 1 fully saturated rings. The van der Waals surface area contributed by atoms with Gasteiger partial charge in [0.2, 0.25) is 11.2 Å². The van der Waals surface area contributed by atoms with Crippen molar-refractivity contribution in [2.75, 3.05) is 30.8 Å². The molecule has 31 heavy (non-hydrogen) atoms. The molecule has 2 aromatic heterocycles. The van der Waals surface area contributed by atoms with E-state index in [1.54, 1.807) is 6.92 Å². The molecule has 3 aromatic rings. The third kappa shape index (κ3) is 4.95. The van der Waals surface area contributed by atoms with Crippen molar-refractivity contribution in [3.8, 4) is 0 Å². The van der Waals surface area contributed by atoms with Gasteiger partial charge in [-0.15, -0.1) is 0 Å². The smallest absolute Gasteiger partial charge is 0.225 e. The lowest BCUT2D eigenvalue weighted by atomic mass is 10.1. The van der Waals surface area contributed by atoms with Crippen LogP contribution in [0.2, 0.25) is 10.3 Å². The van der Waals surface area contributed by atoms with Crippen LogP contribution in [0.5, 0.6) is 0 Å². The van der Waals surface area contributed by atoms with E-state index in [9.17, 15) is 9.50 Å². The van der Waals surface area contributed by atoms with Gasteiger partial charge in [-0.3, -0.25) is 0 Å². The first-order valence-corrected chi connectivity index (χ1v) is 10.7. The molecule has 8 nitrogen and oxygen atoms in total. The van der Waals surface area contributed by atoms with Crippen molar-refractivity contribution < 1.29 is 9.50 Å². The van der Waals surface area contributed by atoms with Crippen molar-refractivity contribution in [1.82, 2.24) is 24.8 Å². The van der Waals surface area contributed by atoms with E-state index >= 15 is 0 Å². The largest absolute Gasteiger partial charge is 0.387 e. The summed E-state index contributed by atoms with van der Waals surface area (Å²) in [7, 11) is 2.09. The molecule has 11 heteroatoms. The maximum atomic E-state index is 13.5. The number of fused-ring (bicyclic) bond motifs is 1. The monoisotopic (exact) mass is 465 g/mol. The average Bonchev–Trinajstić information content (AvgIpc) is 2.72. The van der Waals surface area contributed by atoms with Gasteiger partial charge in [-0.1, -0.05) is 11.6 Å². The van der Waals surface area contributed by atoms with Crippen LogP contribution >= 0.6 is 23.2 Å². The zero-order valence-electron chi connectivity index (χ0n) is 17.0. The van der Waals surface area contributed by atoms with Gasteiger partial charge in [0.15, 0.2) is 5.82 Å².